The number of nitrogens with zero attached hydrogens (tertiary/aromatic N) is 2. The van der Waals surface area contributed by atoms with Crippen LogP contribution in [0.1, 0.15) is 48.8 Å². The van der Waals surface area contributed by atoms with Gasteiger partial charge in [0.1, 0.15) is 0 Å². The van der Waals surface area contributed by atoms with Gasteiger partial charge in [-0.2, -0.15) is 0 Å². The molecule has 2 aromatic rings. The van der Waals surface area contributed by atoms with Gasteiger partial charge < -0.3 is 5.32 Å². The lowest BCUT2D eigenvalue weighted by Gasteiger charge is -2.31. The molecule has 31 heavy (non-hydrogen) atoms. The van der Waals surface area contributed by atoms with Gasteiger partial charge in [-0.1, -0.05) is 54.4 Å². The summed E-state index contributed by atoms with van der Waals surface area (Å²) in [6.45, 7) is 6.90. The number of halogens is 1. The SMILES string of the molecule is O=C(NCc1ccc(CN2CCCCC2)cc1)C1CCN(Cc2cccc(Cl)c2)CC1. The molecule has 1 N–H and O–H groups in total. The van der Waals surface area contributed by atoms with Gasteiger partial charge in [-0.25, -0.2) is 0 Å². The average Bonchev–Trinajstić information content (AvgIpc) is 2.80. The molecule has 0 saturated carbocycles. The lowest BCUT2D eigenvalue weighted by atomic mass is 9.95. The van der Waals surface area contributed by atoms with Crippen LogP contribution < -0.4 is 5.32 Å². The van der Waals surface area contributed by atoms with Crippen LogP contribution in [-0.4, -0.2) is 41.9 Å². The van der Waals surface area contributed by atoms with Crippen molar-refractivity contribution in [1.82, 2.24) is 15.1 Å². The molecule has 5 heteroatoms. The van der Waals surface area contributed by atoms with Crippen molar-refractivity contribution < 1.29 is 4.79 Å². The molecule has 2 heterocycles. The number of nitrogens with one attached hydrogen (secondary N) is 1. The molecule has 2 aliphatic rings. The first kappa shape index (κ1) is 22.3. The Morgan fingerprint density at radius 3 is 2.19 bits per heavy atom. The minimum absolute atomic E-state index is 0.119. The molecule has 0 radical (unpaired) electrons. The van der Waals surface area contributed by atoms with Crippen molar-refractivity contribution >= 4 is 17.5 Å². The molecule has 4 nitrogen and oxygen atoms in total. The highest BCUT2D eigenvalue weighted by Crippen LogP contribution is 2.21. The number of hydrogen-bond acceptors (Lipinski definition) is 3. The van der Waals surface area contributed by atoms with E-state index in [0.29, 0.717) is 6.54 Å². The zero-order valence-corrected chi connectivity index (χ0v) is 19.1. The van der Waals surface area contributed by atoms with Crippen molar-refractivity contribution in [2.24, 2.45) is 5.92 Å². The highest BCUT2D eigenvalue weighted by molar-refractivity contribution is 6.30. The highest BCUT2D eigenvalue weighted by atomic mass is 35.5. The third kappa shape index (κ3) is 6.80. The van der Waals surface area contributed by atoms with E-state index in [0.717, 1.165) is 44.0 Å². The molecule has 166 valence electrons. The molecule has 2 aromatic carbocycles. The Kier molecular flexibility index (Phi) is 8.01. The van der Waals surface area contributed by atoms with Crippen LogP contribution in [0.25, 0.3) is 0 Å². The largest absolute Gasteiger partial charge is 0.352 e. The maximum Gasteiger partial charge on any atom is 0.223 e. The molecule has 2 aliphatic heterocycles. The Balaban J connectivity index is 1.18. The fraction of sp³-hybridized carbons (Fsp3) is 0.500. The van der Waals surface area contributed by atoms with Gasteiger partial charge in [0, 0.05) is 30.6 Å². The van der Waals surface area contributed by atoms with E-state index >= 15 is 0 Å². The van der Waals surface area contributed by atoms with Crippen LogP contribution in [0.2, 0.25) is 5.02 Å². The van der Waals surface area contributed by atoms with Gasteiger partial charge >= 0.3 is 0 Å². The first-order valence-corrected chi connectivity index (χ1v) is 12.1. The Morgan fingerprint density at radius 2 is 1.48 bits per heavy atom. The van der Waals surface area contributed by atoms with Gasteiger partial charge in [0.05, 0.1) is 0 Å². The Labute approximate surface area is 191 Å². The second kappa shape index (κ2) is 11.1. The predicted octanol–water partition coefficient (Wildman–Crippen LogP) is 4.85. The van der Waals surface area contributed by atoms with E-state index in [1.165, 1.54) is 49.0 Å². The molecular weight excluding hydrogens is 406 g/mol. The average molecular weight is 440 g/mol. The number of carbonyl (C=O) groups is 1. The van der Waals surface area contributed by atoms with Crippen molar-refractivity contribution in [2.75, 3.05) is 26.2 Å². The number of likely N-dealkylation sites (tertiary alicyclic amines) is 2. The second-order valence-electron chi connectivity index (χ2n) is 9.05. The van der Waals surface area contributed by atoms with Crippen LogP contribution in [-0.2, 0) is 24.4 Å². The number of amides is 1. The van der Waals surface area contributed by atoms with Crippen molar-refractivity contribution in [3.8, 4) is 0 Å². The van der Waals surface area contributed by atoms with Gasteiger partial charge in [-0.05, 0) is 80.7 Å². The monoisotopic (exact) mass is 439 g/mol. The van der Waals surface area contributed by atoms with Gasteiger partial charge in [0.15, 0.2) is 0 Å². The third-order valence-electron chi connectivity index (χ3n) is 6.60. The Bertz CT molecular complexity index is 840. The first-order chi connectivity index (χ1) is 15.2. The maximum atomic E-state index is 12.7. The van der Waals surface area contributed by atoms with Gasteiger partial charge in [-0.3, -0.25) is 14.6 Å². The number of rotatable bonds is 7. The summed E-state index contributed by atoms with van der Waals surface area (Å²) in [7, 11) is 0. The molecular formula is C26H34ClN3O. The summed E-state index contributed by atoms with van der Waals surface area (Å²) in [6.07, 6.45) is 5.85. The smallest absolute Gasteiger partial charge is 0.223 e. The Hall–Kier alpha value is -1.88. The Morgan fingerprint density at radius 1 is 0.839 bits per heavy atom. The first-order valence-electron chi connectivity index (χ1n) is 11.7. The number of hydrogen-bond donors (Lipinski definition) is 1. The van der Waals surface area contributed by atoms with Crippen LogP contribution in [0.4, 0.5) is 0 Å². The molecule has 2 fully saturated rings. The van der Waals surface area contributed by atoms with Gasteiger partial charge in [0.2, 0.25) is 5.91 Å². The summed E-state index contributed by atoms with van der Waals surface area (Å²) in [4.78, 5) is 17.6. The minimum atomic E-state index is 0.119. The molecule has 2 saturated heterocycles. The summed E-state index contributed by atoms with van der Waals surface area (Å²) in [5, 5.41) is 3.94. The summed E-state index contributed by atoms with van der Waals surface area (Å²) in [5.41, 5.74) is 3.78. The van der Waals surface area contributed by atoms with E-state index in [2.05, 4.69) is 45.4 Å². The maximum absolute atomic E-state index is 12.7. The van der Waals surface area contributed by atoms with Crippen LogP contribution in [0.3, 0.4) is 0 Å². The van der Waals surface area contributed by atoms with E-state index in [1.807, 2.05) is 18.2 Å². The zero-order chi connectivity index (χ0) is 21.5. The molecule has 0 unspecified atom stereocenters. The zero-order valence-electron chi connectivity index (χ0n) is 18.4. The number of carbonyl (C=O) groups excluding carboxylic acids is 1. The molecule has 0 aromatic heterocycles. The molecule has 0 spiro atoms. The molecule has 0 atom stereocenters. The van der Waals surface area contributed by atoms with Crippen LogP contribution in [0, 0.1) is 5.92 Å². The lowest BCUT2D eigenvalue weighted by molar-refractivity contribution is -0.126. The van der Waals surface area contributed by atoms with E-state index in [-0.39, 0.29) is 11.8 Å². The standard InChI is InChI=1S/C26H34ClN3O/c27-25-6-4-5-23(17-25)20-30-15-11-24(12-16-30)26(31)28-18-21-7-9-22(10-8-21)19-29-13-2-1-3-14-29/h4-10,17,24H,1-3,11-16,18-20H2,(H,28,31). The minimum Gasteiger partial charge on any atom is -0.352 e. The van der Waals surface area contributed by atoms with Crippen molar-refractivity contribution in [3.05, 3.63) is 70.2 Å². The topological polar surface area (TPSA) is 35.6 Å². The third-order valence-corrected chi connectivity index (χ3v) is 6.83. The number of piperidine rings is 2. The van der Waals surface area contributed by atoms with Crippen molar-refractivity contribution in [1.29, 1.82) is 0 Å². The summed E-state index contributed by atoms with van der Waals surface area (Å²) >= 11 is 6.09. The lowest BCUT2D eigenvalue weighted by Crippen LogP contribution is -2.40. The van der Waals surface area contributed by atoms with E-state index < -0.39 is 0 Å². The summed E-state index contributed by atoms with van der Waals surface area (Å²) in [6, 6.07) is 16.8. The van der Waals surface area contributed by atoms with Crippen molar-refractivity contribution in [2.45, 2.75) is 51.7 Å². The van der Waals surface area contributed by atoms with Crippen LogP contribution in [0.5, 0.6) is 0 Å². The summed E-state index contributed by atoms with van der Waals surface area (Å²) < 4.78 is 0. The molecule has 0 bridgehead atoms. The van der Waals surface area contributed by atoms with Crippen molar-refractivity contribution in [3.63, 3.8) is 0 Å². The van der Waals surface area contributed by atoms with E-state index in [9.17, 15) is 4.79 Å². The fourth-order valence-electron chi connectivity index (χ4n) is 4.72. The van der Waals surface area contributed by atoms with Crippen LogP contribution >= 0.6 is 11.6 Å². The van der Waals surface area contributed by atoms with E-state index in [4.69, 9.17) is 11.6 Å². The molecule has 0 aliphatic carbocycles. The fourth-order valence-corrected chi connectivity index (χ4v) is 4.93. The quantitative estimate of drug-likeness (QED) is 0.669. The molecule has 4 rings (SSSR count). The highest BCUT2D eigenvalue weighted by Gasteiger charge is 2.24. The second-order valence-corrected chi connectivity index (χ2v) is 9.49. The van der Waals surface area contributed by atoms with Gasteiger partial charge in [-0.15, -0.1) is 0 Å². The van der Waals surface area contributed by atoms with Crippen LogP contribution in [0.15, 0.2) is 48.5 Å². The number of benzene rings is 2. The normalized spacial score (nSPS) is 18.7. The van der Waals surface area contributed by atoms with Gasteiger partial charge in [0.25, 0.3) is 0 Å². The molecule has 1 amide bonds. The summed E-state index contributed by atoms with van der Waals surface area (Å²) in [5.74, 6) is 0.314. The van der Waals surface area contributed by atoms with E-state index in [1.54, 1.807) is 0 Å². The predicted molar refractivity (Wildman–Crippen MR) is 127 cm³/mol.